The minimum atomic E-state index is -0.685. The van der Waals surface area contributed by atoms with Crippen molar-refractivity contribution < 1.29 is 14.5 Å². The number of hydrogen-bond acceptors (Lipinski definition) is 6. The zero-order valence-corrected chi connectivity index (χ0v) is 11.1. The average Bonchev–Trinajstić information content (AvgIpc) is 2.47. The van der Waals surface area contributed by atoms with Crippen molar-refractivity contribution in [3.63, 3.8) is 0 Å². The largest absolute Gasteiger partial charge is 0.497 e. The summed E-state index contributed by atoms with van der Waals surface area (Å²) in [5.74, 6) is 0.0218. The van der Waals surface area contributed by atoms with Gasteiger partial charge in [0, 0.05) is 5.69 Å². The molecule has 0 aliphatic carbocycles. The van der Waals surface area contributed by atoms with Crippen LogP contribution in [0.4, 0.5) is 17.2 Å². The predicted molar refractivity (Wildman–Crippen MR) is 76.3 cm³/mol. The summed E-state index contributed by atoms with van der Waals surface area (Å²) in [5, 5.41) is 13.5. The third kappa shape index (κ3) is 3.24. The Morgan fingerprint density at radius 2 is 2.05 bits per heavy atom. The van der Waals surface area contributed by atoms with Crippen LogP contribution in [-0.2, 0) is 0 Å². The van der Waals surface area contributed by atoms with Crippen LogP contribution >= 0.6 is 0 Å². The van der Waals surface area contributed by atoms with Crippen LogP contribution in [0.15, 0.2) is 36.5 Å². The third-order valence-electron chi connectivity index (χ3n) is 2.69. The van der Waals surface area contributed by atoms with E-state index in [0.717, 1.165) is 12.3 Å². The van der Waals surface area contributed by atoms with Gasteiger partial charge in [0.25, 0.3) is 11.6 Å². The second-order valence-corrected chi connectivity index (χ2v) is 4.07. The van der Waals surface area contributed by atoms with Gasteiger partial charge in [-0.3, -0.25) is 14.9 Å². The van der Waals surface area contributed by atoms with E-state index in [9.17, 15) is 14.9 Å². The molecular formula is C13H12N4O4. The average molecular weight is 288 g/mol. The summed E-state index contributed by atoms with van der Waals surface area (Å²) in [6.07, 6.45) is 0.957. The number of nitrogen functional groups attached to an aromatic ring is 1. The van der Waals surface area contributed by atoms with Crippen molar-refractivity contribution in [3.8, 4) is 5.75 Å². The van der Waals surface area contributed by atoms with Crippen molar-refractivity contribution in [2.45, 2.75) is 0 Å². The van der Waals surface area contributed by atoms with Gasteiger partial charge in [0.05, 0.1) is 12.0 Å². The number of methoxy groups -OCH3 is 1. The number of carbonyl (C=O) groups excluding carboxylic acids is 1. The molecule has 2 rings (SSSR count). The first kappa shape index (κ1) is 14.3. The van der Waals surface area contributed by atoms with Gasteiger partial charge in [-0.15, -0.1) is 0 Å². The number of hydrogen-bond donors (Lipinski definition) is 2. The molecule has 0 saturated heterocycles. The number of pyridine rings is 1. The maximum Gasteiger partial charge on any atom is 0.300 e. The van der Waals surface area contributed by atoms with Crippen LogP contribution in [0.3, 0.4) is 0 Å². The molecule has 0 bridgehead atoms. The molecule has 1 amide bonds. The molecule has 0 fully saturated rings. The van der Waals surface area contributed by atoms with E-state index >= 15 is 0 Å². The molecule has 0 aliphatic rings. The van der Waals surface area contributed by atoms with Crippen LogP contribution in [0.25, 0.3) is 0 Å². The number of nitrogens with zero attached hydrogens (tertiary/aromatic N) is 2. The van der Waals surface area contributed by atoms with E-state index in [-0.39, 0.29) is 11.4 Å². The molecule has 0 aliphatic heterocycles. The highest BCUT2D eigenvalue weighted by atomic mass is 16.6. The van der Waals surface area contributed by atoms with Crippen LogP contribution in [0.5, 0.6) is 5.75 Å². The van der Waals surface area contributed by atoms with Crippen LogP contribution < -0.4 is 15.8 Å². The van der Waals surface area contributed by atoms with Crippen LogP contribution in [-0.4, -0.2) is 22.9 Å². The van der Waals surface area contributed by atoms with Gasteiger partial charge in [-0.25, -0.2) is 4.98 Å². The number of carbonyl (C=O) groups is 1. The maximum atomic E-state index is 12.1. The maximum absolute atomic E-state index is 12.1. The summed E-state index contributed by atoms with van der Waals surface area (Å²) in [5.41, 5.74) is 5.39. The summed E-state index contributed by atoms with van der Waals surface area (Å²) in [4.78, 5) is 25.9. The van der Waals surface area contributed by atoms with E-state index < -0.39 is 16.5 Å². The Balaban J connectivity index is 2.27. The van der Waals surface area contributed by atoms with Gasteiger partial charge in [0.1, 0.15) is 23.3 Å². The first-order chi connectivity index (χ1) is 10.0. The Bertz CT molecular complexity index is 685. The normalized spacial score (nSPS) is 9.95. The van der Waals surface area contributed by atoms with Gasteiger partial charge in [0.15, 0.2) is 0 Å². The molecule has 3 N–H and O–H groups in total. The predicted octanol–water partition coefficient (Wildman–Crippen LogP) is 1.83. The highest BCUT2D eigenvalue weighted by Crippen LogP contribution is 2.21. The number of benzene rings is 1. The van der Waals surface area contributed by atoms with E-state index in [2.05, 4.69) is 10.3 Å². The lowest BCUT2D eigenvalue weighted by atomic mass is 10.2. The Morgan fingerprint density at radius 1 is 1.38 bits per heavy atom. The van der Waals surface area contributed by atoms with Crippen molar-refractivity contribution in [1.82, 2.24) is 4.98 Å². The molecule has 0 saturated carbocycles. The number of nitrogens with one attached hydrogen (secondary N) is 1. The summed E-state index contributed by atoms with van der Waals surface area (Å²) in [6, 6.07) is 7.72. The molecule has 0 atom stereocenters. The van der Waals surface area contributed by atoms with Crippen molar-refractivity contribution in [2.75, 3.05) is 18.2 Å². The fourth-order valence-electron chi connectivity index (χ4n) is 1.66. The molecule has 2 aromatic rings. The minimum absolute atomic E-state index is 0.0282. The van der Waals surface area contributed by atoms with Gasteiger partial charge in [0.2, 0.25) is 0 Å². The number of anilines is 2. The van der Waals surface area contributed by atoms with Crippen molar-refractivity contribution in [3.05, 3.63) is 52.2 Å². The van der Waals surface area contributed by atoms with Crippen molar-refractivity contribution in [2.24, 2.45) is 0 Å². The molecule has 8 heteroatoms. The van der Waals surface area contributed by atoms with Crippen LogP contribution in [0.1, 0.15) is 10.4 Å². The Labute approximate surface area is 119 Å². The van der Waals surface area contributed by atoms with Crippen molar-refractivity contribution in [1.29, 1.82) is 0 Å². The fraction of sp³-hybridized carbons (Fsp3) is 0.0769. The Hall–Kier alpha value is -3.16. The number of ether oxygens (including phenoxy) is 1. The Kier molecular flexibility index (Phi) is 3.98. The van der Waals surface area contributed by atoms with Crippen LogP contribution in [0.2, 0.25) is 0 Å². The SMILES string of the molecule is COc1ccc(NC(=O)c2cc(N)ncc2[N+](=O)[O-])cc1. The number of rotatable bonds is 4. The number of aromatic nitrogens is 1. The summed E-state index contributed by atoms with van der Waals surface area (Å²) < 4.78 is 5.00. The lowest BCUT2D eigenvalue weighted by Crippen LogP contribution is -2.14. The number of nitro groups is 1. The van der Waals surface area contributed by atoms with Gasteiger partial charge in [-0.05, 0) is 30.3 Å². The van der Waals surface area contributed by atoms with Crippen LogP contribution in [0, 0.1) is 10.1 Å². The van der Waals surface area contributed by atoms with E-state index in [1.54, 1.807) is 24.3 Å². The van der Waals surface area contributed by atoms with Gasteiger partial charge in [-0.1, -0.05) is 0 Å². The summed E-state index contributed by atoms with van der Waals surface area (Å²) in [7, 11) is 1.52. The highest BCUT2D eigenvalue weighted by molar-refractivity contribution is 6.07. The summed E-state index contributed by atoms with van der Waals surface area (Å²) >= 11 is 0. The quantitative estimate of drug-likeness (QED) is 0.654. The van der Waals surface area contributed by atoms with E-state index in [1.807, 2.05) is 0 Å². The fourth-order valence-corrected chi connectivity index (χ4v) is 1.66. The number of nitrogens with two attached hydrogens (primary N) is 1. The van der Waals surface area contributed by atoms with E-state index in [1.165, 1.54) is 7.11 Å². The third-order valence-corrected chi connectivity index (χ3v) is 2.69. The van der Waals surface area contributed by atoms with Gasteiger partial charge >= 0.3 is 0 Å². The first-order valence-corrected chi connectivity index (χ1v) is 5.86. The standard InChI is InChI=1S/C13H12N4O4/c1-21-9-4-2-8(3-5-9)16-13(18)10-6-12(14)15-7-11(10)17(19)20/h2-7H,1H3,(H2,14,15)(H,16,18). The van der Waals surface area contributed by atoms with Gasteiger partial charge < -0.3 is 15.8 Å². The monoisotopic (exact) mass is 288 g/mol. The second-order valence-electron chi connectivity index (χ2n) is 4.07. The second kappa shape index (κ2) is 5.87. The van der Waals surface area contributed by atoms with E-state index in [0.29, 0.717) is 11.4 Å². The zero-order chi connectivity index (χ0) is 15.4. The zero-order valence-electron chi connectivity index (χ0n) is 11.1. The topological polar surface area (TPSA) is 120 Å². The molecule has 0 unspecified atom stereocenters. The molecule has 8 nitrogen and oxygen atoms in total. The van der Waals surface area contributed by atoms with Gasteiger partial charge in [-0.2, -0.15) is 0 Å². The molecule has 0 radical (unpaired) electrons. The molecule has 108 valence electrons. The number of amides is 1. The first-order valence-electron chi connectivity index (χ1n) is 5.86. The molecule has 1 heterocycles. The molecule has 21 heavy (non-hydrogen) atoms. The highest BCUT2D eigenvalue weighted by Gasteiger charge is 2.21. The van der Waals surface area contributed by atoms with E-state index in [4.69, 9.17) is 10.5 Å². The minimum Gasteiger partial charge on any atom is -0.497 e. The lowest BCUT2D eigenvalue weighted by molar-refractivity contribution is -0.385. The molecule has 1 aromatic heterocycles. The van der Waals surface area contributed by atoms with Crippen molar-refractivity contribution >= 4 is 23.1 Å². The smallest absolute Gasteiger partial charge is 0.300 e. The molecule has 1 aromatic carbocycles. The summed E-state index contributed by atoms with van der Waals surface area (Å²) in [6.45, 7) is 0. The Morgan fingerprint density at radius 3 is 2.62 bits per heavy atom. The molecule has 0 spiro atoms. The lowest BCUT2D eigenvalue weighted by Gasteiger charge is -2.07. The molecular weight excluding hydrogens is 276 g/mol.